The molecule has 0 radical (unpaired) electrons. The Bertz CT molecular complexity index is 795. The van der Waals surface area contributed by atoms with Crippen LogP contribution in [0.4, 0.5) is 0 Å². The molecule has 1 saturated carbocycles. The first-order valence-corrected chi connectivity index (χ1v) is 9.94. The van der Waals surface area contributed by atoms with E-state index in [2.05, 4.69) is 34.3 Å². The molecule has 0 spiro atoms. The summed E-state index contributed by atoms with van der Waals surface area (Å²) in [7, 11) is 0. The van der Waals surface area contributed by atoms with Gasteiger partial charge in [-0.3, -0.25) is 4.79 Å². The van der Waals surface area contributed by atoms with Crippen LogP contribution in [0.15, 0.2) is 30.5 Å². The molecule has 3 rings (SSSR count). The van der Waals surface area contributed by atoms with Crippen LogP contribution in [-0.4, -0.2) is 16.9 Å². The zero-order valence-corrected chi connectivity index (χ0v) is 16.1. The lowest BCUT2D eigenvalue weighted by atomic mass is 9.84. The van der Waals surface area contributed by atoms with Crippen molar-refractivity contribution in [2.75, 3.05) is 0 Å². The number of carbonyl (C=O) groups is 1. The van der Waals surface area contributed by atoms with Crippen LogP contribution in [0.3, 0.4) is 0 Å². The number of benzene rings is 1. The first-order valence-electron chi connectivity index (χ1n) is 9.12. The predicted molar refractivity (Wildman–Crippen MR) is 105 cm³/mol. The highest BCUT2D eigenvalue weighted by atomic mass is 32.1. The molecule has 1 heterocycles. The van der Waals surface area contributed by atoms with E-state index >= 15 is 0 Å². The number of nitrogens with one attached hydrogen (secondary N) is 1. The molecular formula is C21H24N2O2S. The van der Waals surface area contributed by atoms with E-state index < -0.39 is 0 Å². The Hall–Kier alpha value is -2.32. The minimum absolute atomic E-state index is 0.0863. The Balaban J connectivity index is 1.58. The van der Waals surface area contributed by atoms with Crippen molar-refractivity contribution in [3.8, 4) is 22.8 Å². The summed E-state index contributed by atoms with van der Waals surface area (Å²) in [4.78, 5) is 16.1. The molecule has 0 saturated heterocycles. The minimum Gasteiger partial charge on any atom is -0.431 e. The molecule has 136 valence electrons. The van der Waals surface area contributed by atoms with Gasteiger partial charge in [0, 0.05) is 6.92 Å². The van der Waals surface area contributed by atoms with E-state index in [0.29, 0.717) is 11.1 Å². The molecule has 1 aliphatic rings. The van der Waals surface area contributed by atoms with Gasteiger partial charge in [-0.15, -0.1) is 0 Å². The van der Waals surface area contributed by atoms with E-state index in [1.54, 1.807) is 6.20 Å². The monoisotopic (exact) mass is 368 g/mol. The van der Waals surface area contributed by atoms with Gasteiger partial charge in [-0.1, -0.05) is 54.6 Å². The van der Waals surface area contributed by atoms with Crippen molar-refractivity contribution in [1.82, 2.24) is 10.3 Å². The van der Waals surface area contributed by atoms with Crippen molar-refractivity contribution in [1.29, 1.82) is 0 Å². The zero-order chi connectivity index (χ0) is 18.4. The molecule has 2 aromatic rings. The minimum atomic E-state index is -0.189. The van der Waals surface area contributed by atoms with Crippen LogP contribution in [0.25, 0.3) is 0 Å². The number of carbonyl (C=O) groups excluding carboxylic acids is 1. The van der Waals surface area contributed by atoms with Crippen LogP contribution in [0.2, 0.25) is 0 Å². The van der Waals surface area contributed by atoms with Gasteiger partial charge in [0.25, 0.3) is 5.19 Å². The first kappa shape index (κ1) is 18.5. The lowest BCUT2D eigenvalue weighted by molar-refractivity contribution is -0.119. The molecular weight excluding hydrogens is 344 g/mol. The number of ether oxygens (including phenoxy) is 1. The lowest BCUT2D eigenvalue weighted by Crippen LogP contribution is -2.28. The van der Waals surface area contributed by atoms with Crippen molar-refractivity contribution in [2.45, 2.75) is 57.9 Å². The predicted octanol–water partition coefficient (Wildman–Crippen LogP) is 4.86. The van der Waals surface area contributed by atoms with E-state index in [9.17, 15) is 4.79 Å². The molecule has 1 atom stereocenters. The van der Waals surface area contributed by atoms with Crippen LogP contribution >= 0.6 is 11.3 Å². The molecule has 1 N–H and O–H groups in total. The summed E-state index contributed by atoms with van der Waals surface area (Å²) in [6.45, 7) is 3.33. The second kappa shape index (κ2) is 8.86. The SMILES string of the molecule is CC(=O)NC(C)C#Cc1cnc(Oc2ccc(C3CCCCC3)cc2)s1. The van der Waals surface area contributed by atoms with Crippen molar-refractivity contribution in [2.24, 2.45) is 0 Å². The van der Waals surface area contributed by atoms with Crippen molar-refractivity contribution >= 4 is 17.2 Å². The van der Waals surface area contributed by atoms with Crippen LogP contribution in [-0.2, 0) is 4.79 Å². The number of hydrogen-bond donors (Lipinski definition) is 1. The smallest absolute Gasteiger partial charge is 0.279 e. The Labute approximate surface area is 159 Å². The summed E-state index contributed by atoms with van der Waals surface area (Å²) < 4.78 is 5.84. The topological polar surface area (TPSA) is 51.2 Å². The number of hydrogen-bond acceptors (Lipinski definition) is 4. The van der Waals surface area contributed by atoms with Gasteiger partial charge in [0.1, 0.15) is 10.6 Å². The highest BCUT2D eigenvalue weighted by Gasteiger charge is 2.15. The fraction of sp³-hybridized carbons (Fsp3) is 0.429. The van der Waals surface area contributed by atoms with E-state index in [4.69, 9.17) is 4.74 Å². The second-order valence-electron chi connectivity index (χ2n) is 6.69. The van der Waals surface area contributed by atoms with Gasteiger partial charge in [-0.25, -0.2) is 4.98 Å². The normalized spacial score (nSPS) is 15.6. The van der Waals surface area contributed by atoms with Gasteiger partial charge in [0.2, 0.25) is 5.91 Å². The van der Waals surface area contributed by atoms with Gasteiger partial charge >= 0.3 is 0 Å². The van der Waals surface area contributed by atoms with E-state index in [1.165, 1.54) is 55.9 Å². The van der Waals surface area contributed by atoms with Crippen molar-refractivity contribution in [3.05, 3.63) is 40.9 Å². The van der Waals surface area contributed by atoms with Gasteiger partial charge in [0.15, 0.2) is 0 Å². The van der Waals surface area contributed by atoms with E-state index in [0.717, 1.165) is 10.6 Å². The summed E-state index contributed by atoms with van der Waals surface area (Å²) in [5.41, 5.74) is 1.41. The molecule has 4 nitrogen and oxygen atoms in total. The molecule has 1 aromatic heterocycles. The number of amides is 1. The Kier molecular flexibility index (Phi) is 6.30. The van der Waals surface area contributed by atoms with Crippen molar-refractivity contribution in [3.63, 3.8) is 0 Å². The molecule has 1 unspecified atom stereocenters. The molecule has 5 heteroatoms. The Morgan fingerprint density at radius 3 is 2.69 bits per heavy atom. The molecule has 1 aliphatic carbocycles. The third-order valence-corrected chi connectivity index (χ3v) is 5.27. The molecule has 1 amide bonds. The Morgan fingerprint density at radius 2 is 2.00 bits per heavy atom. The maximum Gasteiger partial charge on any atom is 0.279 e. The van der Waals surface area contributed by atoms with Crippen LogP contribution in [0, 0.1) is 11.8 Å². The number of nitrogens with zero attached hydrogens (tertiary/aromatic N) is 1. The summed E-state index contributed by atoms with van der Waals surface area (Å²) >= 11 is 1.40. The second-order valence-corrected chi connectivity index (χ2v) is 7.68. The number of aromatic nitrogens is 1. The van der Waals surface area contributed by atoms with Gasteiger partial charge in [-0.2, -0.15) is 0 Å². The van der Waals surface area contributed by atoms with E-state index in [-0.39, 0.29) is 11.9 Å². The maximum atomic E-state index is 11.0. The van der Waals surface area contributed by atoms with Gasteiger partial charge in [0.05, 0.1) is 12.2 Å². The fourth-order valence-electron chi connectivity index (χ4n) is 3.23. The first-order chi connectivity index (χ1) is 12.6. The third kappa shape index (κ3) is 5.34. The molecule has 0 bridgehead atoms. The molecule has 1 aromatic carbocycles. The highest BCUT2D eigenvalue weighted by molar-refractivity contribution is 7.13. The average Bonchev–Trinajstić information content (AvgIpc) is 3.08. The van der Waals surface area contributed by atoms with Gasteiger partial charge in [-0.05, 0) is 43.4 Å². The largest absolute Gasteiger partial charge is 0.431 e. The summed E-state index contributed by atoms with van der Waals surface area (Å²) in [5, 5.41) is 3.31. The molecule has 0 aliphatic heterocycles. The number of rotatable bonds is 4. The maximum absolute atomic E-state index is 11.0. The standard InChI is InChI=1S/C21H24N2O2S/c1-15(23-16(2)24)8-13-20-14-22-21(26-20)25-19-11-9-18(10-12-19)17-6-4-3-5-7-17/h9-12,14-15,17H,3-7H2,1-2H3,(H,23,24). The molecule has 26 heavy (non-hydrogen) atoms. The quantitative estimate of drug-likeness (QED) is 0.784. The van der Waals surface area contributed by atoms with Crippen LogP contribution in [0.1, 0.15) is 62.3 Å². The number of thiazole rings is 1. The van der Waals surface area contributed by atoms with E-state index in [1.807, 2.05) is 19.1 Å². The van der Waals surface area contributed by atoms with Crippen LogP contribution in [0.5, 0.6) is 10.9 Å². The lowest BCUT2D eigenvalue weighted by Gasteiger charge is -2.21. The Morgan fingerprint density at radius 1 is 1.27 bits per heavy atom. The van der Waals surface area contributed by atoms with Crippen molar-refractivity contribution < 1.29 is 9.53 Å². The summed E-state index contributed by atoms with van der Waals surface area (Å²) in [5.74, 6) is 7.41. The summed E-state index contributed by atoms with van der Waals surface area (Å²) in [6.07, 6.45) is 8.34. The highest BCUT2D eigenvalue weighted by Crippen LogP contribution is 2.34. The zero-order valence-electron chi connectivity index (χ0n) is 15.2. The average molecular weight is 369 g/mol. The van der Waals surface area contributed by atoms with Crippen LogP contribution < -0.4 is 10.1 Å². The third-order valence-electron chi connectivity index (χ3n) is 4.48. The molecule has 1 fully saturated rings. The van der Waals surface area contributed by atoms with Gasteiger partial charge < -0.3 is 10.1 Å². The fourth-order valence-corrected chi connectivity index (χ4v) is 3.88. The summed E-state index contributed by atoms with van der Waals surface area (Å²) in [6, 6.07) is 8.21.